The fourth-order valence-corrected chi connectivity index (χ4v) is 8.28. The summed E-state index contributed by atoms with van der Waals surface area (Å²) < 4.78 is 75.9. The van der Waals surface area contributed by atoms with Crippen LogP contribution in [0.5, 0.6) is 0 Å². The Bertz CT molecular complexity index is 1620. The van der Waals surface area contributed by atoms with E-state index in [1.807, 2.05) is 14.5 Å². The largest absolute Gasteiger partial charge is 0.416 e. The number of aromatic nitrogens is 2. The van der Waals surface area contributed by atoms with Gasteiger partial charge >= 0.3 is 6.18 Å². The number of alkyl halides is 3. The number of hydrogen-bond donors (Lipinski definition) is 1. The SMILES string of the molecule is CS(=O)(=O)N1CCc2c(c(-c3ccc(C(F)(F)F)c(CNC(=O)CN4CCOCC4)c3)nn2CCCN2CCC(N3CCCC3=O)CC2)C1. The Balaban J connectivity index is 1.18. The number of aryl methyl sites for hydroxylation is 1. The van der Waals surface area contributed by atoms with Crippen molar-refractivity contribution in [3.05, 3.63) is 40.6 Å². The summed E-state index contributed by atoms with van der Waals surface area (Å²) in [6, 6.07) is 4.13. The number of ether oxygens (including phenoxy) is 1. The van der Waals surface area contributed by atoms with E-state index < -0.39 is 21.8 Å². The quantitative estimate of drug-likeness (QED) is 0.378. The van der Waals surface area contributed by atoms with Crippen LogP contribution < -0.4 is 5.32 Å². The van der Waals surface area contributed by atoms with E-state index in [9.17, 15) is 31.2 Å². The Morgan fingerprint density at radius 1 is 1.02 bits per heavy atom. The molecule has 0 saturated carbocycles. The first kappa shape index (κ1) is 35.8. The van der Waals surface area contributed by atoms with Crippen LogP contribution in [-0.4, -0.2) is 127 Å². The van der Waals surface area contributed by atoms with E-state index in [1.54, 1.807) is 0 Å². The highest BCUT2D eigenvalue weighted by atomic mass is 32.2. The van der Waals surface area contributed by atoms with E-state index in [1.165, 1.54) is 16.4 Å². The summed E-state index contributed by atoms with van der Waals surface area (Å²) in [6.45, 7) is 6.41. The standard InChI is InChI=1S/C33H46F3N7O5S/c1-49(46,47)41-15-9-29-27(22-41)32(38-43(29)12-3-10-39-13-7-26(8-14-39)42-11-2-4-31(42)45)24-5-6-28(33(34,35)36)25(20-24)21-37-30(44)23-40-16-18-48-19-17-40/h5-6,20,26H,2-4,7-19,21-23H2,1H3,(H,37,44). The number of benzene rings is 1. The predicted octanol–water partition coefficient (Wildman–Crippen LogP) is 2.31. The average Bonchev–Trinajstić information content (AvgIpc) is 3.66. The van der Waals surface area contributed by atoms with Gasteiger partial charge in [0, 0.05) is 94.6 Å². The van der Waals surface area contributed by atoms with Gasteiger partial charge in [0.2, 0.25) is 21.8 Å². The van der Waals surface area contributed by atoms with E-state index in [0.29, 0.717) is 75.1 Å². The van der Waals surface area contributed by atoms with Crippen molar-refractivity contribution >= 4 is 21.8 Å². The lowest BCUT2D eigenvalue weighted by molar-refractivity contribution is -0.138. The topological polar surface area (TPSA) is 120 Å². The summed E-state index contributed by atoms with van der Waals surface area (Å²) in [5, 5.41) is 7.54. The minimum absolute atomic E-state index is 0.0692. The van der Waals surface area contributed by atoms with Gasteiger partial charge in [-0.3, -0.25) is 19.2 Å². The molecule has 2 aromatic rings. The number of carbonyl (C=O) groups is 2. The van der Waals surface area contributed by atoms with Crippen molar-refractivity contribution in [3.63, 3.8) is 0 Å². The summed E-state index contributed by atoms with van der Waals surface area (Å²) in [5.74, 6) is -0.111. The van der Waals surface area contributed by atoms with E-state index in [4.69, 9.17) is 9.84 Å². The third-order valence-electron chi connectivity index (χ3n) is 10.2. The molecule has 16 heteroatoms. The van der Waals surface area contributed by atoms with Gasteiger partial charge in [-0.25, -0.2) is 8.42 Å². The van der Waals surface area contributed by atoms with Gasteiger partial charge in [0.1, 0.15) is 0 Å². The normalized spacial score (nSPS) is 20.6. The van der Waals surface area contributed by atoms with Crippen LogP contribution in [0.4, 0.5) is 13.2 Å². The molecular formula is C33H46F3N7O5S. The molecule has 270 valence electrons. The molecule has 0 atom stereocenters. The Morgan fingerprint density at radius 3 is 2.45 bits per heavy atom. The van der Waals surface area contributed by atoms with E-state index in [2.05, 4.69) is 10.2 Å². The molecule has 0 radical (unpaired) electrons. The number of amides is 2. The average molecular weight is 710 g/mol. The maximum absolute atomic E-state index is 14.1. The fourth-order valence-electron chi connectivity index (χ4n) is 7.50. The summed E-state index contributed by atoms with van der Waals surface area (Å²) in [5.41, 5.74) is 1.55. The molecule has 1 aromatic heterocycles. The van der Waals surface area contributed by atoms with Crippen molar-refractivity contribution in [2.45, 2.75) is 70.4 Å². The van der Waals surface area contributed by atoms with Crippen molar-refractivity contribution in [1.29, 1.82) is 0 Å². The highest BCUT2D eigenvalue weighted by molar-refractivity contribution is 7.88. The van der Waals surface area contributed by atoms with E-state index in [0.717, 1.165) is 69.9 Å². The first-order valence-corrected chi connectivity index (χ1v) is 19.0. The van der Waals surface area contributed by atoms with E-state index in [-0.39, 0.29) is 37.0 Å². The molecule has 0 aliphatic carbocycles. The predicted molar refractivity (Wildman–Crippen MR) is 176 cm³/mol. The molecule has 1 N–H and O–H groups in total. The van der Waals surface area contributed by atoms with Crippen LogP contribution in [-0.2, 0) is 56.6 Å². The molecule has 4 aliphatic rings. The second-order valence-corrected chi connectivity index (χ2v) is 15.5. The van der Waals surface area contributed by atoms with Crippen LogP contribution in [0.3, 0.4) is 0 Å². The molecule has 1 aromatic carbocycles. The zero-order chi connectivity index (χ0) is 34.8. The van der Waals surface area contributed by atoms with Gasteiger partial charge in [-0.1, -0.05) is 6.07 Å². The van der Waals surface area contributed by atoms with Gasteiger partial charge < -0.3 is 19.9 Å². The third-order valence-corrected chi connectivity index (χ3v) is 11.4. The number of halogens is 3. The number of rotatable bonds is 11. The summed E-state index contributed by atoms with van der Waals surface area (Å²) in [6.07, 6.45) is 1.26. The molecule has 5 heterocycles. The second-order valence-electron chi connectivity index (χ2n) is 13.5. The maximum Gasteiger partial charge on any atom is 0.416 e. The Kier molecular flexibility index (Phi) is 11.0. The molecule has 0 unspecified atom stereocenters. The number of likely N-dealkylation sites (tertiary alicyclic amines) is 2. The lowest BCUT2D eigenvalue weighted by Gasteiger charge is -2.36. The highest BCUT2D eigenvalue weighted by Crippen LogP contribution is 2.37. The van der Waals surface area contributed by atoms with Gasteiger partial charge in [0.25, 0.3) is 0 Å². The van der Waals surface area contributed by atoms with Crippen LogP contribution in [0.2, 0.25) is 0 Å². The third kappa shape index (κ3) is 8.64. The number of hydrogen-bond acceptors (Lipinski definition) is 8. The van der Waals surface area contributed by atoms with Crippen LogP contribution in [0.25, 0.3) is 11.3 Å². The van der Waals surface area contributed by atoms with Crippen molar-refractivity contribution in [2.24, 2.45) is 0 Å². The first-order chi connectivity index (χ1) is 23.4. The van der Waals surface area contributed by atoms with Crippen LogP contribution in [0.1, 0.15) is 54.5 Å². The van der Waals surface area contributed by atoms with Crippen molar-refractivity contribution in [3.8, 4) is 11.3 Å². The molecular weight excluding hydrogens is 663 g/mol. The van der Waals surface area contributed by atoms with Crippen LogP contribution in [0.15, 0.2) is 18.2 Å². The van der Waals surface area contributed by atoms with Crippen molar-refractivity contribution < 1.29 is 35.9 Å². The summed E-state index contributed by atoms with van der Waals surface area (Å²) in [4.78, 5) is 31.2. The van der Waals surface area contributed by atoms with Gasteiger partial charge in [-0.05, 0) is 49.9 Å². The number of piperidine rings is 1. The van der Waals surface area contributed by atoms with Gasteiger partial charge in [-0.2, -0.15) is 22.6 Å². The minimum atomic E-state index is -4.63. The lowest BCUT2D eigenvalue weighted by atomic mass is 9.97. The number of nitrogens with one attached hydrogen (secondary N) is 1. The Hall–Kier alpha value is -3.05. The lowest BCUT2D eigenvalue weighted by Crippen LogP contribution is -2.45. The molecule has 3 saturated heterocycles. The van der Waals surface area contributed by atoms with Crippen molar-refractivity contribution in [2.75, 3.05) is 71.8 Å². The van der Waals surface area contributed by atoms with Gasteiger partial charge in [-0.15, -0.1) is 0 Å². The molecule has 3 fully saturated rings. The van der Waals surface area contributed by atoms with Crippen LogP contribution in [0, 0.1) is 0 Å². The number of morpholine rings is 1. The smallest absolute Gasteiger partial charge is 0.379 e. The molecule has 0 spiro atoms. The van der Waals surface area contributed by atoms with Gasteiger partial charge in [0.05, 0.1) is 37.3 Å². The summed E-state index contributed by atoms with van der Waals surface area (Å²) in [7, 11) is -3.51. The van der Waals surface area contributed by atoms with Gasteiger partial charge in [0.15, 0.2) is 0 Å². The second kappa shape index (κ2) is 15.1. The number of nitrogens with zero attached hydrogens (tertiary/aromatic N) is 6. The van der Waals surface area contributed by atoms with E-state index >= 15 is 0 Å². The number of fused-ring (bicyclic) bond motifs is 1. The zero-order valence-corrected chi connectivity index (χ0v) is 28.8. The van der Waals surface area contributed by atoms with Crippen molar-refractivity contribution in [1.82, 2.24) is 34.1 Å². The number of sulfonamides is 1. The fraction of sp³-hybridized carbons (Fsp3) is 0.667. The Morgan fingerprint density at radius 2 is 1.78 bits per heavy atom. The molecule has 49 heavy (non-hydrogen) atoms. The maximum atomic E-state index is 14.1. The molecule has 4 aliphatic heterocycles. The number of carbonyl (C=O) groups excluding carboxylic acids is 2. The highest BCUT2D eigenvalue weighted by Gasteiger charge is 2.35. The zero-order valence-electron chi connectivity index (χ0n) is 28.0. The molecule has 0 bridgehead atoms. The minimum Gasteiger partial charge on any atom is -0.379 e. The summed E-state index contributed by atoms with van der Waals surface area (Å²) >= 11 is 0. The van der Waals surface area contributed by atoms with Crippen LogP contribution >= 0.6 is 0 Å². The molecule has 6 rings (SSSR count). The monoisotopic (exact) mass is 709 g/mol. The molecule has 2 amide bonds. The Labute approximate surface area is 285 Å². The molecule has 12 nitrogen and oxygen atoms in total. The first-order valence-electron chi connectivity index (χ1n) is 17.2.